The minimum Gasteiger partial charge on any atom is -0.324 e. The predicted molar refractivity (Wildman–Crippen MR) is 66.5 cm³/mol. The van der Waals surface area contributed by atoms with Crippen molar-refractivity contribution in [2.45, 2.75) is 17.7 Å². The molecule has 0 aromatic heterocycles. The van der Waals surface area contributed by atoms with Crippen molar-refractivity contribution in [2.24, 2.45) is 5.41 Å². The lowest BCUT2D eigenvalue weighted by molar-refractivity contribution is -0.120. The Morgan fingerprint density at radius 1 is 1.29 bits per heavy atom. The highest BCUT2D eigenvalue weighted by Gasteiger charge is 2.54. The zero-order valence-electron chi connectivity index (χ0n) is 8.86. The SMILES string of the molecule is O=C1Nc2ccc(Br)cc2S(=O)(=O)CC12CC2. The maximum atomic E-state index is 12.2. The van der Waals surface area contributed by atoms with Gasteiger partial charge in [0, 0.05) is 4.47 Å². The van der Waals surface area contributed by atoms with Crippen LogP contribution in [0.1, 0.15) is 12.8 Å². The van der Waals surface area contributed by atoms with E-state index >= 15 is 0 Å². The van der Waals surface area contributed by atoms with Crippen LogP contribution in [0.15, 0.2) is 27.6 Å². The highest BCUT2D eigenvalue weighted by Crippen LogP contribution is 2.50. The van der Waals surface area contributed by atoms with E-state index in [0.717, 1.165) is 0 Å². The minimum atomic E-state index is -3.39. The summed E-state index contributed by atoms with van der Waals surface area (Å²) in [6.45, 7) is 0. The smallest absolute Gasteiger partial charge is 0.231 e. The van der Waals surface area contributed by atoms with Crippen molar-refractivity contribution in [1.29, 1.82) is 0 Å². The minimum absolute atomic E-state index is 0.0741. The maximum Gasteiger partial charge on any atom is 0.231 e. The van der Waals surface area contributed by atoms with Crippen LogP contribution in [-0.4, -0.2) is 20.1 Å². The summed E-state index contributed by atoms with van der Waals surface area (Å²) in [7, 11) is -3.39. The molecule has 6 heteroatoms. The number of carbonyl (C=O) groups excluding carboxylic acids is 1. The molecule has 1 spiro atoms. The molecule has 1 aromatic carbocycles. The number of anilines is 1. The molecule has 0 saturated heterocycles. The molecule has 1 aromatic rings. The third-order valence-electron chi connectivity index (χ3n) is 3.33. The summed E-state index contributed by atoms with van der Waals surface area (Å²) in [5.41, 5.74) is -0.286. The van der Waals surface area contributed by atoms with Crippen molar-refractivity contribution in [3.63, 3.8) is 0 Å². The van der Waals surface area contributed by atoms with Crippen LogP contribution in [-0.2, 0) is 14.6 Å². The second-order valence-electron chi connectivity index (χ2n) is 4.63. The van der Waals surface area contributed by atoms with E-state index in [9.17, 15) is 13.2 Å². The van der Waals surface area contributed by atoms with Gasteiger partial charge in [0.25, 0.3) is 0 Å². The second-order valence-corrected chi connectivity index (χ2v) is 7.51. The number of carbonyl (C=O) groups is 1. The van der Waals surface area contributed by atoms with Crippen LogP contribution in [0.25, 0.3) is 0 Å². The monoisotopic (exact) mass is 315 g/mol. The standard InChI is InChI=1S/C11H10BrNO3S/c12-7-1-2-8-9(5-7)17(15,16)6-11(3-4-11)10(14)13-8/h1-2,5H,3-4,6H2,(H,13,14). The Kier molecular flexibility index (Phi) is 2.19. The lowest BCUT2D eigenvalue weighted by Crippen LogP contribution is -2.27. The molecule has 90 valence electrons. The van der Waals surface area contributed by atoms with Gasteiger partial charge in [-0.05, 0) is 31.0 Å². The number of hydrogen-bond donors (Lipinski definition) is 1. The number of benzene rings is 1. The Bertz CT molecular complexity index is 620. The van der Waals surface area contributed by atoms with Crippen LogP contribution in [0, 0.1) is 5.41 Å². The largest absolute Gasteiger partial charge is 0.324 e. The highest BCUT2D eigenvalue weighted by atomic mass is 79.9. The first-order valence-electron chi connectivity index (χ1n) is 5.27. The van der Waals surface area contributed by atoms with Crippen molar-refractivity contribution in [2.75, 3.05) is 11.1 Å². The van der Waals surface area contributed by atoms with E-state index in [1.54, 1.807) is 18.2 Å². The van der Waals surface area contributed by atoms with Gasteiger partial charge >= 0.3 is 0 Å². The van der Waals surface area contributed by atoms with Crippen LogP contribution >= 0.6 is 15.9 Å². The molecule has 0 atom stereocenters. The van der Waals surface area contributed by atoms with E-state index in [2.05, 4.69) is 21.2 Å². The lowest BCUT2D eigenvalue weighted by atomic mass is 10.1. The number of nitrogens with one attached hydrogen (secondary N) is 1. The number of hydrogen-bond acceptors (Lipinski definition) is 3. The molecule has 3 rings (SSSR count). The summed E-state index contributed by atoms with van der Waals surface area (Å²) >= 11 is 3.25. The summed E-state index contributed by atoms with van der Waals surface area (Å²) in [5, 5.41) is 2.72. The van der Waals surface area contributed by atoms with E-state index < -0.39 is 15.3 Å². The van der Waals surface area contributed by atoms with E-state index in [-0.39, 0.29) is 16.6 Å². The van der Waals surface area contributed by atoms with Gasteiger partial charge in [-0.25, -0.2) is 8.42 Å². The van der Waals surface area contributed by atoms with Crippen molar-refractivity contribution in [3.8, 4) is 0 Å². The van der Waals surface area contributed by atoms with Gasteiger partial charge in [0.1, 0.15) is 0 Å². The first-order chi connectivity index (χ1) is 7.93. The van der Waals surface area contributed by atoms with Gasteiger partial charge in [-0.15, -0.1) is 0 Å². The van der Waals surface area contributed by atoms with Crippen LogP contribution in [0.3, 0.4) is 0 Å². The summed E-state index contributed by atoms with van der Waals surface area (Å²) in [6, 6.07) is 4.89. The number of rotatable bonds is 0. The number of halogens is 1. The van der Waals surface area contributed by atoms with Crippen molar-refractivity contribution in [3.05, 3.63) is 22.7 Å². The molecule has 2 aliphatic rings. The van der Waals surface area contributed by atoms with Gasteiger partial charge in [0.15, 0.2) is 9.84 Å². The van der Waals surface area contributed by atoms with Crippen LogP contribution in [0.5, 0.6) is 0 Å². The quantitative estimate of drug-likeness (QED) is 0.796. The van der Waals surface area contributed by atoms with Gasteiger partial charge in [-0.1, -0.05) is 15.9 Å². The zero-order valence-corrected chi connectivity index (χ0v) is 11.3. The summed E-state index contributed by atoms with van der Waals surface area (Å²) < 4.78 is 25.2. The summed E-state index contributed by atoms with van der Waals surface area (Å²) in [6.07, 6.45) is 1.32. The normalized spacial score (nSPS) is 23.7. The fourth-order valence-corrected chi connectivity index (χ4v) is 4.72. The van der Waals surface area contributed by atoms with E-state index in [1.807, 2.05) is 0 Å². The first-order valence-corrected chi connectivity index (χ1v) is 7.71. The Balaban J connectivity index is 2.21. The fourth-order valence-electron chi connectivity index (χ4n) is 2.14. The number of sulfone groups is 1. The van der Waals surface area contributed by atoms with Gasteiger partial charge in [0.05, 0.1) is 21.8 Å². The summed E-state index contributed by atoms with van der Waals surface area (Å²) in [4.78, 5) is 12.2. The van der Waals surface area contributed by atoms with E-state index in [4.69, 9.17) is 0 Å². The van der Waals surface area contributed by atoms with Crippen LogP contribution in [0.2, 0.25) is 0 Å². The molecule has 0 radical (unpaired) electrons. The highest BCUT2D eigenvalue weighted by molar-refractivity contribution is 9.10. The van der Waals surface area contributed by atoms with Crippen LogP contribution < -0.4 is 5.32 Å². The van der Waals surface area contributed by atoms with Crippen molar-refractivity contribution >= 4 is 37.4 Å². The molecule has 1 amide bonds. The van der Waals surface area contributed by atoms with E-state index in [0.29, 0.717) is 23.0 Å². The lowest BCUT2D eigenvalue weighted by Gasteiger charge is -2.08. The molecular formula is C11H10BrNO3S. The third-order valence-corrected chi connectivity index (χ3v) is 5.76. The van der Waals surface area contributed by atoms with Crippen LogP contribution in [0.4, 0.5) is 5.69 Å². The van der Waals surface area contributed by atoms with Gasteiger partial charge in [0.2, 0.25) is 5.91 Å². The second kappa shape index (κ2) is 3.32. The maximum absolute atomic E-state index is 12.2. The fraction of sp³-hybridized carbons (Fsp3) is 0.364. The molecule has 1 aliphatic carbocycles. The Morgan fingerprint density at radius 3 is 2.65 bits per heavy atom. The average Bonchev–Trinajstić information content (AvgIpc) is 3.00. The number of amides is 1. The van der Waals surface area contributed by atoms with Gasteiger partial charge in [-0.2, -0.15) is 0 Å². The molecule has 1 heterocycles. The van der Waals surface area contributed by atoms with Crippen molar-refractivity contribution in [1.82, 2.24) is 0 Å². The third kappa shape index (κ3) is 1.70. The topological polar surface area (TPSA) is 63.2 Å². The Morgan fingerprint density at radius 2 is 2.00 bits per heavy atom. The molecule has 4 nitrogen and oxygen atoms in total. The molecular weight excluding hydrogens is 306 g/mol. The average molecular weight is 316 g/mol. The molecule has 1 fully saturated rings. The number of fused-ring (bicyclic) bond motifs is 1. The van der Waals surface area contributed by atoms with E-state index in [1.165, 1.54) is 0 Å². The molecule has 1 N–H and O–H groups in total. The molecule has 1 saturated carbocycles. The Labute approximate surface area is 107 Å². The molecule has 0 unspecified atom stereocenters. The van der Waals surface area contributed by atoms with Gasteiger partial charge < -0.3 is 5.32 Å². The Hall–Kier alpha value is -0.880. The zero-order chi connectivity index (χ0) is 12.3. The molecule has 0 bridgehead atoms. The molecule has 1 aliphatic heterocycles. The van der Waals surface area contributed by atoms with Gasteiger partial charge in [-0.3, -0.25) is 4.79 Å². The first kappa shape index (κ1) is 11.2. The predicted octanol–water partition coefficient (Wildman–Crippen LogP) is 1.96. The summed E-state index contributed by atoms with van der Waals surface area (Å²) in [5.74, 6) is -0.239. The van der Waals surface area contributed by atoms with Crippen molar-refractivity contribution < 1.29 is 13.2 Å². The molecule has 17 heavy (non-hydrogen) atoms.